The van der Waals surface area contributed by atoms with Gasteiger partial charge in [-0.15, -0.1) is 8.78 Å². The second kappa shape index (κ2) is 7.48. The predicted molar refractivity (Wildman–Crippen MR) is 88.9 cm³/mol. The molecule has 1 aliphatic heterocycles. The number of hydrogen-bond acceptors (Lipinski definition) is 6. The number of rotatable bonds is 6. The Kier molecular flexibility index (Phi) is 5.11. The van der Waals surface area contributed by atoms with Crippen LogP contribution in [0.2, 0.25) is 0 Å². The van der Waals surface area contributed by atoms with Crippen molar-refractivity contribution in [2.45, 2.75) is 13.2 Å². The Balaban J connectivity index is 1.44. The number of carbonyl (C=O) groups excluding carboxylic acids is 2. The average Bonchev–Trinajstić information content (AvgIpc) is 2.91. The van der Waals surface area contributed by atoms with E-state index < -0.39 is 24.8 Å². The van der Waals surface area contributed by atoms with Crippen molar-refractivity contribution in [3.63, 3.8) is 0 Å². The van der Waals surface area contributed by atoms with Gasteiger partial charge >= 0.3 is 12.3 Å². The van der Waals surface area contributed by atoms with Crippen LogP contribution in [0.5, 0.6) is 17.2 Å². The maximum Gasteiger partial charge on any atom is 0.586 e. The van der Waals surface area contributed by atoms with Crippen LogP contribution in [-0.4, -0.2) is 31.4 Å². The van der Waals surface area contributed by atoms with Crippen molar-refractivity contribution < 1.29 is 37.3 Å². The van der Waals surface area contributed by atoms with Crippen molar-refractivity contribution in [2.24, 2.45) is 0 Å². The summed E-state index contributed by atoms with van der Waals surface area (Å²) in [6.45, 7) is 0.975. The maximum absolute atomic E-state index is 13.0. The van der Waals surface area contributed by atoms with Gasteiger partial charge in [0.1, 0.15) is 5.75 Å². The zero-order valence-corrected chi connectivity index (χ0v) is 14.2. The third kappa shape index (κ3) is 5.06. The second-order valence-corrected chi connectivity index (χ2v) is 5.64. The molecule has 2 aromatic rings. The summed E-state index contributed by atoms with van der Waals surface area (Å²) in [5.74, 6) is -1.21. The molecule has 1 amide bonds. The Labute approximate surface area is 152 Å². The molecule has 0 radical (unpaired) electrons. The standard InChI is InChI=1S/C18H15F2NO6/c1-11-3-2-4-13(7-11)24-10-17(23)25-9-16(22)21-12-5-6-14-15(8-12)27-18(19,20)26-14/h2-8H,9-10H2,1H3,(H,21,22). The highest BCUT2D eigenvalue weighted by Gasteiger charge is 2.43. The molecule has 142 valence electrons. The van der Waals surface area contributed by atoms with Crippen LogP contribution in [0.4, 0.5) is 14.5 Å². The molecule has 0 fully saturated rings. The molecule has 0 unspecified atom stereocenters. The molecule has 0 bridgehead atoms. The number of nitrogens with one attached hydrogen (secondary N) is 1. The average molecular weight is 379 g/mol. The number of carbonyl (C=O) groups is 2. The fourth-order valence-corrected chi connectivity index (χ4v) is 2.26. The number of ether oxygens (including phenoxy) is 4. The molecule has 0 aliphatic carbocycles. The van der Waals surface area contributed by atoms with E-state index in [0.29, 0.717) is 5.75 Å². The van der Waals surface area contributed by atoms with Crippen molar-refractivity contribution in [3.8, 4) is 17.2 Å². The Morgan fingerprint density at radius 1 is 1.07 bits per heavy atom. The molecular weight excluding hydrogens is 364 g/mol. The first-order valence-corrected chi connectivity index (χ1v) is 7.85. The molecule has 0 atom stereocenters. The lowest BCUT2D eigenvalue weighted by Crippen LogP contribution is -2.26. The van der Waals surface area contributed by atoms with Crippen LogP contribution in [0.25, 0.3) is 0 Å². The molecule has 2 aromatic carbocycles. The zero-order chi connectivity index (χ0) is 19.4. The third-order valence-electron chi connectivity index (χ3n) is 3.40. The topological polar surface area (TPSA) is 83.1 Å². The predicted octanol–water partition coefficient (Wildman–Crippen LogP) is 2.88. The van der Waals surface area contributed by atoms with Crippen molar-refractivity contribution in [1.82, 2.24) is 0 Å². The first-order valence-electron chi connectivity index (χ1n) is 7.85. The number of benzene rings is 2. The van der Waals surface area contributed by atoms with Crippen LogP contribution in [0, 0.1) is 6.92 Å². The monoisotopic (exact) mass is 379 g/mol. The van der Waals surface area contributed by atoms with Crippen LogP contribution < -0.4 is 19.5 Å². The third-order valence-corrected chi connectivity index (χ3v) is 3.40. The van der Waals surface area contributed by atoms with E-state index >= 15 is 0 Å². The van der Waals surface area contributed by atoms with E-state index in [2.05, 4.69) is 14.8 Å². The van der Waals surface area contributed by atoms with Crippen LogP contribution in [0.1, 0.15) is 5.56 Å². The summed E-state index contributed by atoms with van der Waals surface area (Å²) in [5.41, 5.74) is 1.16. The number of alkyl halides is 2. The van der Waals surface area contributed by atoms with Crippen molar-refractivity contribution in [2.75, 3.05) is 18.5 Å². The van der Waals surface area contributed by atoms with Gasteiger partial charge in [0, 0.05) is 11.8 Å². The number of esters is 1. The maximum atomic E-state index is 13.0. The summed E-state index contributed by atoms with van der Waals surface area (Å²) < 4.78 is 44.5. The molecule has 1 aliphatic rings. The van der Waals surface area contributed by atoms with Gasteiger partial charge in [-0.3, -0.25) is 4.79 Å². The molecule has 0 spiro atoms. The van der Waals surface area contributed by atoms with E-state index in [9.17, 15) is 18.4 Å². The zero-order valence-electron chi connectivity index (χ0n) is 14.2. The normalized spacial score (nSPS) is 13.7. The molecule has 0 saturated carbocycles. The van der Waals surface area contributed by atoms with Gasteiger partial charge in [-0.05, 0) is 36.8 Å². The smallest absolute Gasteiger partial charge is 0.482 e. The summed E-state index contributed by atoms with van der Waals surface area (Å²) in [4.78, 5) is 23.4. The molecule has 9 heteroatoms. The minimum atomic E-state index is -3.74. The fourth-order valence-electron chi connectivity index (χ4n) is 2.26. The lowest BCUT2D eigenvalue weighted by atomic mass is 10.2. The Hall–Kier alpha value is -3.36. The minimum absolute atomic E-state index is 0.141. The second-order valence-electron chi connectivity index (χ2n) is 5.64. The molecular formula is C18H15F2NO6. The van der Waals surface area contributed by atoms with Crippen molar-refractivity contribution in [3.05, 3.63) is 48.0 Å². The van der Waals surface area contributed by atoms with Crippen molar-refractivity contribution in [1.29, 1.82) is 0 Å². The van der Waals surface area contributed by atoms with Gasteiger partial charge in [-0.1, -0.05) is 12.1 Å². The number of anilines is 1. The van der Waals surface area contributed by atoms with Gasteiger partial charge in [0.05, 0.1) is 0 Å². The minimum Gasteiger partial charge on any atom is -0.482 e. The lowest BCUT2D eigenvalue weighted by Gasteiger charge is -2.08. The molecule has 0 saturated heterocycles. The number of halogens is 2. The Morgan fingerprint density at radius 3 is 2.63 bits per heavy atom. The highest BCUT2D eigenvalue weighted by molar-refractivity contribution is 5.93. The van der Waals surface area contributed by atoms with E-state index in [4.69, 9.17) is 9.47 Å². The van der Waals surface area contributed by atoms with Crippen molar-refractivity contribution >= 4 is 17.6 Å². The van der Waals surface area contributed by atoms with E-state index in [0.717, 1.165) is 5.56 Å². The number of fused-ring (bicyclic) bond motifs is 1. The van der Waals surface area contributed by atoms with Crippen LogP contribution in [0.3, 0.4) is 0 Å². The van der Waals surface area contributed by atoms with E-state index in [1.54, 1.807) is 18.2 Å². The van der Waals surface area contributed by atoms with Gasteiger partial charge < -0.3 is 24.3 Å². The van der Waals surface area contributed by atoms with Gasteiger partial charge in [0.15, 0.2) is 24.7 Å². The van der Waals surface area contributed by atoms with Gasteiger partial charge in [-0.2, -0.15) is 0 Å². The molecule has 3 rings (SSSR count). The molecule has 1 N–H and O–H groups in total. The van der Waals surface area contributed by atoms with E-state index in [1.807, 2.05) is 13.0 Å². The van der Waals surface area contributed by atoms with Crippen LogP contribution >= 0.6 is 0 Å². The fraction of sp³-hybridized carbons (Fsp3) is 0.222. The summed E-state index contributed by atoms with van der Waals surface area (Å²) in [7, 11) is 0. The highest BCUT2D eigenvalue weighted by Crippen LogP contribution is 2.42. The quantitative estimate of drug-likeness (QED) is 0.777. The largest absolute Gasteiger partial charge is 0.586 e. The van der Waals surface area contributed by atoms with Crippen LogP contribution in [0.15, 0.2) is 42.5 Å². The number of aryl methyl sites for hydroxylation is 1. The molecule has 7 nitrogen and oxygen atoms in total. The Bertz CT molecular complexity index is 871. The highest BCUT2D eigenvalue weighted by atomic mass is 19.3. The van der Waals surface area contributed by atoms with E-state index in [1.165, 1.54) is 18.2 Å². The molecule has 0 aromatic heterocycles. The van der Waals surface area contributed by atoms with Gasteiger partial charge in [0.25, 0.3) is 5.91 Å². The number of hydrogen-bond donors (Lipinski definition) is 1. The molecule has 27 heavy (non-hydrogen) atoms. The summed E-state index contributed by atoms with van der Waals surface area (Å²) in [5, 5.41) is 2.40. The summed E-state index contributed by atoms with van der Waals surface area (Å²) in [6.07, 6.45) is -3.74. The van der Waals surface area contributed by atoms with Crippen LogP contribution in [-0.2, 0) is 14.3 Å². The first-order chi connectivity index (χ1) is 12.8. The van der Waals surface area contributed by atoms with Gasteiger partial charge in [-0.25, -0.2) is 4.79 Å². The summed E-state index contributed by atoms with van der Waals surface area (Å²) in [6, 6.07) is 10.9. The van der Waals surface area contributed by atoms with Gasteiger partial charge in [0.2, 0.25) is 0 Å². The lowest BCUT2D eigenvalue weighted by molar-refractivity contribution is -0.286. The SMILES string of the molecule is Cc1cccc(OCC(=O)OCC(=O)Nc2ccc3c(c2)OC(F)(F)O3)c1. The molecule has 1 heterocycles. The number of amides is 1. The summed E-state index contributed by atoms with van der Waals surface area (Å²) >= 11 is 0. The first kappa shape index (κ1) is 18.4. The van der Waals surface area contributed by atoms with E-state index in [-0.39, 0.29) is 23.8 Å². The Morgan fingerprint density at radius 2 is 1.85 bits per heavy atom.